The molecule has 1 unspecified atom stereocenters. The van der Waals surface area contributed by atoms with Crippen molar-refractivity contribution in [2.45, 2.75) is 26.6 Å². The number of nitrogens with zero attached hydrogens (tertiary/aromatic N) is 4. The zero-order valence-electron chi connectivity index (χ0n) is 11.2. The number of rotatable bonds is 7. The minimum Gasteiger partial charge on any atom is -0.447 e. The smallest absolute Gasteiger partial charge is 0.304 e. The van der Waals surface area contributed by atoms with E-state index in [0.29, 0.717) is 19.6 Å². The number of carbonyl (C=O) groups excluding carboxylic acids is 1. The van der Waals surface area contributed by atoms with Crippen LogP contribution in [0.2, 0.25) is 0 Å². The first-order valence-electron chi connectivity index (χ1n) is 6.09. The molecule has 0 saturated heterocycles. The van der Waals surface area contributed by atoms with Crippen LogP contribution in [0.15, 0.2) is 35.4 Å². The third-order valence-corrected chi connectivity index (χ3v) is 2.63. The standard InChI is InChI=1S/C13H18N4O2/c1-11(19-12(2)18)17(9-8-15-16-14)10-13-6-4-3-5-7-13/h3-7,11H,8-10H2,1-2H3. The molecule has 1 rings (SSSR count). The Morgan fingerprint density at radius 2 is 2.16 bits per heavy atom. The Morgan fingerprint density at radius 1 is 1.47 bits per heavy atom. The van der Waals surface area contributed by atoms with Gasteiger partial charge in [0.15, 0.2) is 6.23 Å². The Balaban J connectivity index is 2.67. The van der Waals surface area contributed by atoms with Crippen LogP contribution in [0.5, 0.6) is 0 Å². The van der Waals surface area contributed by atoms with E-state index in [9.17, 15) is 4.79 Å². The van der Waals surface area contributed by atoms with Crippen LogP contribution in [0.4, 0.5) is 0 Å². The van der Waals surface area contributed by atoms with Gasteiger partial charge in [-0.2, -0.15) is 0 Å². The van der Waals surface area contributed by atoms with Crippen molar-refractivity contribution in [3.05, 3.63) is 46.3 Å². The van der Waals surface area contributed by atoms with Gasteiger partial charge in [0.1, 0.15) is 0 Å². The Morgan fingerprint density at radius 3 is 2.74 bits per heavy atom. The molecule has 0 bridgehead atoms. The third-order valence-electron chi connectivity index (χ3n) is 2.63. The van der Waals surface area contributed by atoms with E-state index in [4.69, 9.17) is 10.3 Å². The van der Waals surface area contributed by atoms with E-state index in [0.717, 1.165) is 5.56 Å². The summed E-state index contributed by atoms with van der Waals surface area (Å²) in [5, 5.41) is 3.51. The average Bonchev–Trinajstić information content (AvgIpc) is 2.38. The fourth-order valence-electron chi connectivity index (χ4n) is 1.74. The summed E-state index contributed by atoms with van der Waals surface area (Å²) < 4.78 is 5.17. The lowest BCUT2D eigenvalue weighted by atomic mass is 10.2. The summed E-state index contributed by atoms with van der Waals surface area (Å²) in [7, 11) is 0. The van der Waals surface area contributed by atoms with Crippen LogP contribution in [-0.2, 0) is 16.1 Å². The van der Waals surface area contributed by atoms with Gasteiger partial charge >= 0.3 is 5.97 Å². The molecule has 102 valence electrons. The SMILES string of the molecule is CC(=O)OC(C)N(CCN=[N+]=[N-])Cc1ccccc1. The normalized spacial score (nSPS) is 11.7. The first kappa shape index (κ1) is 15.0. The van der Waals surface area contributed by atoms with E-state index in [-0.39, 0.29) is 12.2 Å². The molecule has 6 nitrogen and oxygen atoms in total. The van der Waals surface area contributed by atoms with Gasteiger partial charge in [-0.25, -0.2) is 0 Å². The van der Waals surface area contributed by atoms with Crippen molar-refractivity contribution in [1.29, 1.82) is 0 Å². The predicted molar refractivity (Wildman–Crippen MR) is 72.1 cm³/mol. The molecule has 0 saturated carbocycles. The van der Waals surface area contributed by atoms with E-state index in [1.54, 1.807) is 6.92 Å². The van der Waals surface area contributed by atoms with Crippen molar-refractivity contribution >= 4 is 5.97 Å². The van der Waals surface area contributed by atoms with Gasteiger partial charge < -0.3 is 4.74 Å². The zero-order valence-corrected chi connectivity index (χ0v) is 11.2. The minimum atomic E-state index is -0.355. The van der Waals surface area contributed by atoms with Crippen LogP contribution in [0.1, 0.15) is 19.4 Å². The molecule has 0 fully saturated rings. The van der Waals surface area contributed by atoms with Gasteiger partial charge in [-0.05, 0) is 18.0 Å². The molecule has 1 aromatic carbocycles. The molecule has 0 aliphatic rings. The monoisotopic (exact) mass is 262 g/mol. The number of esters is 1. The molecule has 0 radical (unpaired) electrons. The van der Waals surface area contributed by atoms with E-state index in [2.05, 4.69) is 10.0 Å². The Bertz CT molecular complexity index is 443. The first-order valence-corrected chi connectivity index (χ1v) is 6.09. The zero-order chi connectivity index (χ0) is 14.1. The summed E-state index contributed by atoms with van der Waals surface area (Å²) in [6, 6.07) is 9.86. The van der Waals surface area contributed by atoms with Gasteiger partial charge in [-0.1, -0.05) is 35.4 Å². The second kappa shape index (κ2) is 8.13. The van der Waals surface area contributed by atoms with Crippen molar-refractivity contribution in [1.82, 2.24) is 4.90 Å². The van der Waals surface area contributed by atoms with Gasteiger partial charge in [0.25, 0.3) is 0 Å². The van der Waals surface area contributed by atoms with Gasteiger partial charge in [0.05, 0.1) is 0 Å². The maximum absolute atomic E-state index is 11.0. The molecule has 0 aromatic heterocycles. The molecule has 0 N–H and O–H groups in total. The second-order valence-electron chi connectivity index (χ2n) is 4.12. The Labute approximate surface area is 112 Å². The van der Waals surface area contributed by atoms with Crippen molar-refractivity contribution in [2.75, 3.05) is 13.1 Å². The Kier molecular flexibility index (Phi) is 6.43. The molecule has 0 amide bonds. The van der Waals surface area contributed by atoms with Crippen LogP contribution in [0.25, 0.3) is 10.4 Å². The number of benzene rings is 1. The molecule has 1 aromatic rings. The van der Waals surface area contributed by atoms with Crippen molar-refractivity contribution < 1.29 is 9.53 Å². The van der Waals surface area contributed by atoms with E-state index in [1.165, 1.54) is 6.92 Å². The first-order chi connectivity index (χ1) is 9.13. The highest BCUT2D eigenvalue weighted by atomic mass is 16.6. The maximum Gasteiger partial charge on any atom is 0.304 e. The third kappa shape index (κ3) is 5.90. The highest BCUT2D eigenvalue weighted by Crippen LogP contribution is 2.09. The van der Waals surface area contributed by atoms with Gasteiger partial charge in [-0.3, -0.25) is 9.69 Å². The molecular formula is C13H18N4O2. The molecule has 1 atom stereocenters. The number of hydrogen-bond donors (Lipinski definition) is 0. The number of azide groups is 1. The number of hydrogen-bond acceptors (Lipinski definition) is 4. The summed E-state index contributed by atoms with van der Waals surface area (Å²) in [5.74, 6) is -0.325. The summed E-state index contributed by atoms with van der Waals surface area (Å²) in [6.45, 7) is 4.70. The lowest BCUT2D eigenvalue weighted by Gasteiger charge is -2.27. The largest absolute Gasteiger partial charge is 0.447 e. The quantitative estimate of drug-likeness (QED) is 0.249. The Hall–Kier alpha value is -2.04. The van der Waals surface area contributed by atoms with Crippen LogP contribution in [0, 0.1) is 0 Å². The second-order valence-corrected chi connectivity index (χ2v) is 4.12. The van der Waals surface area contributed by atoms with Crippen LogP contribution in [-0.4, -0.2) is 30.2 Å². The topological polar surface area (TPSA) is 78.3 Å². The fourth-order valence-corrected chi connectivity index (χ4v) is 1.74. The van der Waals surface area contributed by atoms with E-state index < -0.39 is 0 Å². The molecule has 19 heavy (non-hydrogen) atoms. The summed E-state index contributed by atoms with van der Waals surface area (Å²) in [5.41, 5.74) is 9.42. The highest BCUT2D eigenvalue weighted by Gasteiger charge is 2.16. The highest BCUT2D eigenvalue weighted by molar-refractivity contribution is 5.66. The van der Waals surface area contributed by atoms with Gasteiger partial charge in [0, 0.05) is 31.5 Å². The molecular weight excluding hydrogens is 244 g/mol. The average molecular weight is 262 g/mol. The lowest BCUT2D eigenvalue weighted by Crippen LogP contribution is -2.37. The van der Waals surface area contributed by atoms with Crippen molar-refractivity contribution in [2.24, 2.45) is 5.11 Å². The van der Waals surface area contributed by atoms with Crippen molar-refractivity contribution in [3.8, 4) is 0 Å². The molecule has 0 spiro atoms. The van der Waals surface area contributed by atoms with Gasteiger partial charge in [-0.15, -0.1) is 0 Å². The summed E-state index contributed by atoms with van der Waals surface area (Å²) in [4.78, 5) is 15.7. The van der Waals surface area contributed by atoms with Crippen molar-refractivity contribution in [3.63, 3.8) is 0 Å². The lowest BCUT2D eigenvalue weighted by molar-refractivity contribution is -0.155. The number of carbonyl (C=O) groups is 1. The van der Waals surface area contributed by atoms with Crippen LogP contribution in [0.3, 0.4) is 0 Å². The summed E-state index contributed by atoms with van der Waals surface area (Å²) in [6.07, 6.45) is -0.355. The van der Waals surface area contributed by atoms with E-state index >= 15 is 0 Å². The summed E-state index contributed by atoms with van der Waals surface area (Å²) >= 11 is 0. The molecule has 6 heteroatoms. The minimum absolute atomic E-state index is 0.325. The molecule has 0 aliphatic carbocycles. The van der Waals surface area contributed by atoms with Gasteiger partial charge in [0.2, 0.25) is 0 Å². The molecule has 0 heterocycles. The van der Waals surface area contributed by atoms with Crippen LogP contribution >= 0.6 is 0 Å². The maximum atomic E-state index is 11.0. The fraction of sp³-hybridized carbons (Fsp3) is 0.462. The predicted octanol–water partition coefficient (Wildman–Crippen LogP) is 2.71. The number of ether oxygens (including phenoxy) is 1. The molecule has 0 aliphatic heterocycles. The van der Waals surface area contributed by atoms with Crippen LogP contribution < -0.4 is 0 Å². The van der Waals surface area contributed by atoms with E-state index in [1.807, 2.05) is 35.2 Å².